The first kappa shape index (κ1) is 17.5. The number of guanidine groups is 1. The summed E-state index contributed by atoms with van der Waals surface area (Å²) in [5.74, 6) is -1.06. The minimum atomic E-state index is -1.52. The van der Waals surface area contributed by atoms with Crippen LogP contribution < -0.4 is 5.73 Å². The zero-order valence-electron chi connectivity index (χ0n) is 13.4. The average Bonchev–Trinajstić information content (AvgIpc) is 2.95. The third-order valence-corrected chi connectivity index (χ3v) is 4.47. The summed E-state index contributed by atoms with van der Waals surface area (Å²) < 4.78 is 5.55. The summed E-state index contributed by atoms with van der Waals surface area (Å²) >= 11 is 0. The highest BCUT2D eigenvalue weighted by Crippen LogP contribution is 2.36. The Morgan fingerprint density at radius 1 is 1.40 bits per heavy atom. The van der Waals surface area contributed by atoms with Crippen molar-refractivity contribution in [1.29, 1.82) is 0 Å². The van der Waals surface area contributed by atoms with Gasteiger partial charge in [-0.3, -0.25) is 4.79 Å². The Balaban J connectivity index is 2.03. The molecule has 3 aliphatic heterocycles. The molecule has 136 valence electrons. The topological polar surface area (TPSA) is 161 Å². The first-order chi connectivity index (χ1) is 11.7. The van der Waals surface area contributed by atoms with Crippen molar-refractivity contribution >= 4 is 23.7 Å². The van der Waals surface area contributed by atoms with Crippen LogP contribution in [0.2, 0.25) is 0 Å². The van der Waals surface area contributed by atoms with Gasteiger partial charge < -0.3 is 30.7 Å². The molecule has 0 spiro atoms. The molecule has 5 atom stereocenters. The maximum Gasteiger partial charge on any atom is 0.329 e. The molecule has 3 rings (SSSR count). The molecular formula is C14H19N5O6. The Morgan fingerprint density at radius 3 is 2.64 bits per heavy atom. The van der Waals surface area contributed by atoms with Crippen molar-refractivity contribution in [2.75, 3.05) is 13.2 Å². The summed E-state index contributed by atoms with van der Waals surface area (Å²) in [6, 6.07) is -1.80. The number of hydrogen-bond acceptors (Lipinski definition) is 8. The fourth-order valence-corrected chi connectivity index (χ4v) is 3.12. The van der Waals surface area contributed by atoms with E-state index in [0.717, 1.165) is 9.80 Å². The van der Waals surface area contributed by atoms with E-state index in [4.69, 9.17) is 10.5 Å². The van der Waals surface area contributed by atoms with Gasteiger partial charge in [-0.15, -0.1) is 6.58 Å². The number of amidine groups is 1. The van der Waals surface area contributed by atoms with Crippen molar-refractivity contribution in [3.8, 4) is 0 Å². The second-order valence-electron chi connectivity index (χ2n) is 6.19. The van der Waals surface area contributed by atoms with Crippen molar-refractivity contribution in [2.45, 2.75) is 37.0 Å². The molecule has 2 saturated heterocycles. The molecule has 3 heterocycles. The summed E-state index contributed by atoms with van der Waals surface area (Å²) in [7, 11) is 0. The number of urea groups is 1. The van der Waals surface area contributed by atoms with Crippen LogP contribution in [-0.4, -0.2) is 92.1 Å². The maximum absolute atomic E-state index is 12.8. The lowest BCUT2D eigenvalue weighted by molar-refractivity contribution is -0.119. The molecular weight excluding hydrogens is 334 g/mol. The fourth-order valence-electron chi connectivity index (χ4n) is 3.12. The summed E-state index contributed by atoms with van der Waals surface area (Å²) in [6.07, 6.45) is -2.90. The van der Waals surface area contributed by atoms with Gasteiger partial charge in [0.2, 0.25) is 5.96 Å². The molecule has 11 heteroatoms. The molecule has 0 saturated carbocycles. The second-order valence-corrected chi connectivity index (χ2v) is 6.19. The number of nitrogens with two attached hydrogens (primary N) is 1. The average molecular weight is 353 g/mol. The zero-order valence-corrected chi connectivity index (χ0v) is 13.4. The van der Waals surface area contributed by atoms with Crippen LogP contribution >= 0.6 is 0 Å². The lowest BCUT2D eigenvalue weighted by Crippen LogP contribution is -2.49. The molecule has 0 bridgehead atoms. The van der Waals surface area contributed by atoms with Crippen LogP contribution in [0.25, 0.3) is 0 Å². The summed E-state index contributed by atoms with van der Waals surface area (Å²) in [5.41, 5.74) is 4.04. The Morgan fingerprint density at radius 2 is 2.08 bits per heavy atom. The number of rotatable bonds is 4. The Labute approximate surface area is 142 Å². The standard InChI is InChI=1S/C14H19N5O6/c1-3-4-18-6-9(16-12(15)17-10(6)23)19(13(18)24)11-7(21)8(22)14(2,5-20)25-11/h3,6-8,11,20-22H,1,4-5H2,2H3,(H2,15,17,23). The number of amides is 3. The van der Waals surface area contributed by atoms with E-state index in [1.165, 1.54) is 13.0 Å². The molecule has 2 fully saturated rings. The van der Waals surface area contributed by atoms with Gasteiger partial charge in [0.05, 0.1) is 6.61 Å². The highest BCUT2D eigenvalue weighted by atomic mass is 16.6. The maximum atomic E-state index is 12.8. The predicted octanol–water partition coefficient (Wildman–Crippen LogP) is -2.64. The van der Waals surface area contributed by atoms with Gasteiger partial charge in [-0.1, -0.05) is 6.08 Å². The van der Waals surface area contributed by atoms with Gasteiger partial charge in [-0.25, -0.2) is 9.69 Å². The van der Waals surface area contributed by atoms with Crippen LogP contribution in [0.3, 0.4) is 0 Å². The van der Waals surface area contributed by atoms with Crippen molar-refractivity contribution in [2.24, 2.45) is 15.7 Å². The van der Waals surface area contributed by atoms with E-state index in [1.807, 2.05) is 0 Å². The minimum absolute atomic E-state index is 0.0306. The van der Waals surface area contributed by atoms with E-state index >= 15 is 0 Å². The van der Waals surface area contributed by atoms with E-state index in [9.17, 15) is 24.9 Å². The number of carbonyl (C=O) groups excluding carboxylic acids is 2. The number of aliphatic imine (C=N–C) groups is 2. The number of carbonyl (C=O) groups is 2. The van der Waals surface area contributed by atoms with E-state index < -0.39 is 48.6 Å². The van der Waals surface area contributed by atoms with E-state index in [2.05, 4.69) is 16.6 Å². The van der Waals surface area contributed by atoms with Crippen LogP contribution in [0.1, 0.15) is 6.92 Å². The molecule has 0 aromatic rings. The first-order valence-corrected chi connectivity index (χ1v) is 7.57. The van der Waals surface area contributed by atoms with E-state index in [1.54, 1.807) is 0 Å². The molecule has 25 heavy (non-hydrogen) atoms. The van der Waals surface area contributed by atoms with Crippen LogP contribution in [-0.2, 0) is 9.53 Å². The lowest BCUT2D eigenvalue weighted by atomic mass is 9.98. The smallest absolute Gasteiger partial charge is 0.329 e. The van der Waals surface area contributed by atoms with E-state index in [-0.39, 0.29) is 18.3 Å². The van der Waals surface area contributed by atoms with E-state index in [0.29, 0.717) is 0 Å². The molecule has 3 amide bonds. The normalized spacial score (nSPS) is 37.9. The van der Waals surface area contributed by atoms with Gasteiger partial charge in [0.1, 0.15) is 17.8 Å². The van der Waals surface area contributed by atoms with Gasteiger partial charge >= 0.3 is 6.03 Å². The van der Waals surface area contributed by atoms with Gasteiger partial charge in [-0.05, 0) is 6.92 Å². The lowest BCUT2D eigenvalue weighted by Gasteiger charge is -2.28. The SMILES string of the molecule is C=CCN1C(=O)N(C2OC(C)(CO)C(O)C2O)C2=NC(N)=NC(=O)C21. The minimum Gasteiger partial charge on any atom is -0.393 e. The molecule has 5 N–H and O–H groups in total. The van der Waals surface area contributed by atoms with Gasteiger partial charge in [0.15, 0.2) is 18.1 Å². The third-order valence-electron chi connectivity index (χ3n) is 4.47. The summed E-state index contributed by atoms with van der Waals surface area (Å²) in [4.78, 5) is 34.6. The number of fused-ring (bicyclic) bond motifs is 1. The Bertz CT molecular complexity index is 693. The number of aliphatic hydroxyl groups excluding tert-OH is 3. The monoisotopic (exact) mass is 353 g/mol. The number of nitrogens with zero attached hydrogens (tertiary/aromatic N) is 4. The molecule has 3 aliphatic rings. The summed E-state index contributed by atoms with van der Waals surface area (Å²) in [6.45, 7) is 4.38. The van der Waals surface area contributed by atoms with Crippen LogP contribution in [0.15, 0.2) is 22.6 Å². The van der Waals surface area contributed by atoms with Crippen LogP contribution in [0, 0.1) is 0 Å². The highest BCUT2D eigenvalue weighted by Gasteiger charge is 2.59. The Hall–Kier alpha value is -2.34. The Kier molecular flexibility index (Phi) is 4.11. The number of hydrogen-bond donors (Lipinski definition) is 4. The van der Waals surface area contributed by atoms with Gasteiger partial charge in [-0.2, -0.15) is 9.98 Å². The quantitative estimate of drug-likeness (QED) is 0.402. The predicted molar refractivity (Wildman–Crippen MR) is 84.4 cm³/mol. The van der Waals surface area contributed by atoms with Crippen molar-refractivity contribution in [3.63, 3.8) is 0 Å². The van der Waals surface area contributed by atoms with Gasteiger partial charge in [0, 0.05) is 6.54 Å². The molecule has 11 nitrogen and oxygen atoms in total. The summed E-state index contributed by atoms with van der Waals surface area (Å²) in [5, 5.41) is 29.9. The van der Waals surface area contributed by atoms with Crippen LogP contribution in [0.5, 0.6) is 0 Å². The molecule has 0 aromatic carbocycles. The second kappa shape index (κ2) is 5.88. The molecule has 0 radical (unpaired) electrons. The van der Waals surface area contributed by atoms with Crippen LogP contribution in [0.4, 0.5) is 4.79 Å². The molecule has 0 aromatic heterocycles. The van der Waals surface area contributed by atoms with Crippen molar-refractivity contribution in [1.82, 2.24) is 9.80 Å². The first-order valence-electron chi connectivity index (χ1n) is 7.57. The highest BCUT2D eigenvalue weighted by molar-refractivity contribution is 6.24. The largest absolute Gasteiger partial charge is 0.393 e. The van der Waals surface area contributed by atoms with Crippen molar-refractivity contribution in [3.05, 3.63) is 12.7 Å². The molecule has 5 unspecified atom stereocenters. The fraction of sp³-hybridized carbons (Fsp3) is 0.571. The zero-order chi connectivity index (χ0) is 18.5. The third kappa shape index (κ3) is 2.43. The number of aliphatic hydroxyl groups is 3. The molecule has 0 aliphatic carbocycles. The van der Waals surface area contributed by atoms with Gasteiger partial charge in [0.25, 0.3) is 5.91 Å². The number of ether oxygens (including phenoxy) is 1. The van der Waals surface area contributed by atoms with Crippen molar-refractivity contribution < 1.29 is 29.6 Å².